The fraction of sp³-hybridized carbons (Fsp3) is 0.273. The number of nitrogens with two attached hydrogens (primary N) is 1. The molecule has 2 aromatic carbocycles. The number of ether oxygens (including phenoxy) is 1. The molecule has 0 atom stereocenters. The van der Waals surface area contributed by atoms with Gasteiger partial charge in [-0.25, -0.2) is 4.68 Å². The monoisotopic (exact) mass is 376 g/mol. The first-order valence-corrected chi connectivity index (χ1v) is 9.41. The van der Waals surface area contributed by atoms with Crippen LogP contribution in [-0.4, -0.2) is 22.8 Å². The summed E-state index contributed by atoms with van der Waals surface area (Å²) in [6.07, 6.45) is 2.83. The number of aryl methyl sites for hydroxylation is 2. The number of amides is 1. The molecule has 0 radical (unpaired) electrons. The summed E-state index contributed by atoms with van der Waals surface area (Å²) in [7, 11) is 1.56. The highest BCUT2D eigenvalue weighted by Gasteiger charge is 2.27. The number of hydrogen-bond acceptors (Lipinski definition) is 4. The van der Waals surface area contributed by atoms with E-state index in [4.69, 9.17) is 15.6 Å². The molecular formula is C22H24N4O2. The van der Waals surface area contributed by atoms with Gasteiger partial charge in [0, 0.05) is 16.9 Å². The number of benzene rings is 2. The molecule has 3 N–H and O–H groups in total. The fourth-order valence-electron chi connectivity index (χ4n) is 3.86. The molecule has 0 fully saturated rings. The number of rotatable bonds is 4. The topological polar surface area (TPSA) is 82.2 Å². The van der Waals surface area contributed by atoms with Crippen molar-refractivity contribution in [2.75, 3.05) is 18.2 Å². The Morgan fingerprint density at radius 1 is 1.18 bits per heavy atom. The van der Waals surface area contributed by atoms with Gasteiger partial charge in [-0.05, 0) is 62.9 Å². The largest absolute Gasteiger partial charge is 0.495 e. The standard InChI is InChI=1S/C22H24N4O2/c1-13-7-9-18(14(2)11-13)26-19-6-4-5-16(19)21(25-26)22(27)24-15-8-10-20(28-3)17(23)12-15/h7-12H,4-6,23H2,1-3H3,(H,24,27). The van der Waals surface area contributed by atoms with E-state index in [1.165, 1.54) is 5.56 Å². The number of nitrogens with zero attached hydrogens (tertiary/aromatic N) is 2. The zero-order chi connectivity index (χ0) is 19.8. The highest BCUT2D eigenvalue weighted by atomic mass is 16.5. The first-order valence-electron chi connectivity index (χ1n) is 9.41. The van der Waals surface area contributed by atoms with Crippen molar-refractivity contribution in [3.63, 3.8) is 0 Å². The Kier molecular flexibility index (Phi) is 4.55. The number of nitrogens with one attached hydrogen (secondary N) is 1. The number of carbonyl (C=O) groups excluding carboxylic acids is 1. The lowest BCUT2D eigenvalue weighted by atomic mass is 10.1. The molecule has 0 saturated carbocycles. The molecule has 1 aliphatic rings. The van der Waals surface area contributed by atoms with Crippen molar-refractivity contribution in [2.24, 2.45) is 0 Å². The summed E-state index contributed by atoms with van der Waals surface area (Å²) >= 11 is 0. The van der Waals surface area contributed by atoms with Crippen LogP contribution in [0.25, 0.3) is 5.69 Å². The van der Waals surface area contributed by atoms with E-state index in [1.54, 1.807) is 25.3 Å². The van der Waals surface area contributed by atoms with Crippen LogP contribution in [0.5, 0.6) is 5.75 Å². The maximum absolute atomic E-state index is 13.0. The van der Waals surface area contributed by atoms with Crippen LogP contribution in [0.15, 0.2) is 36.4 Å². The first-order chi connectivity index (χ1) is 13.5. The van der Waals surface area contributed by atoms with Gasteiger partial charge in [0.1, 0.15) is 5.75 Å². The number of aromatic nitrogens is 2. The van der Waals surface area contributed by atoms with Crippen molar-refractivity contribution in [3.05, 3.63) is 64.5 Å². The number of carbonyl (C=O) groups is 1. The minimum atomic E-state index is -0.216. The number of nitrogen functional groups attached to an aromatic ring is 1. The van der Waals surface area contributed by atoms with Gasteiger partial charge < -0.3 is 15.8 Å². The molecule has 6 nitrogen and oxygen atoms in total. The molecule has 6 heteroatoms. The van der Waals surface area contributed by atoms with Gasteiger partial charge in [-0.2, -0.15) is 5.10 Å². The van der Waals surface area contributed by atoms with E-state index >= 15 is 0 Å². The van der Waals surface area contributed by atoms with Gasteiger partial charge in [-0.15, -0.1) is 0 Å². The molecule has 28 heavy (non-hydrogen) atoms. The summed E-state index contributed by atoms with van der Waals surface area (Å²) in [5.74, 6) is 0.365. The van der Waals surface area contributed by atoms with Gasteiger partial charge in [0.2, 0.25) is 0 Å². The number of methoxy groups -OCH3 is 1. The average molecular weight is 376 g/mol. The number of fused-ring (bicyclic) bond motifs is 1. The lowest BCUT2D eigenvalue weighted by Gasteiger charge is -2.10. The number of anilines is 2. The molecule has 3 aromatic rings. The molecule has 1 aliphatic carbocycles. The Hall–Kier alpha value is -3.28. The maximum atomic E-state index is 13.0. The molecule has 0 saturated heterocycles. The first kappa shape index (κ1) is 18.1. The van der Waals surface area contributed by atoms with Crippen molar-refractivity contribution < 1.29 is 9.53 Å². The maximum Gasteiger partial charge on any atom is 0.276 e. The minimum absolute atomic E-state index is 0.216. The molecule has 0 unspecified atom stereocenters. The quantitative estimate of drug-likeness (QED) is 0.678. The summed E-state index contributed by atoms with van der Waals surface area (Å²) < 4.78 is 7.11. The van der Waals surface area contributed by atoms with Crippen LogP contribution in [0.2, 0.25) is 0 Å². The van der Waals surface area contributed by atoms with E-state index in [0.29, 0.717) is 22.8 Å². The van der Waals surface area contributed by atoms with Crippen LogP contribution in [-0.2, 0) is 12.8 Å². The van der Waals surface area contributed by atoms with Crippen LogP contribution >= 0.6 is 0 Å². The third-order valence-electron chi connectivity index (χ3n) is 5.21. The zero-order valence-corrected chi connectivity index (χ0v) is 16.4. The van der Waals surface area contributed by atoms with Crippen molar-refractivity contribution in [1.82, 2.24) is 9.78 Å². The molecular weight excluding hydrogens is 352 g/mol. The van der Waals surface area contributed by atoms with E-state index in [1.807, 2.05) is 4.68 Å². The fourth-order valence-corrected chi connectivity index (χ4v) is 3.86. The van der Waals surface area contributed by atoms with Gasteiger partial charge in [-0.1, -0.05) is 17.7 Å². The van der Waals surface area contributed by atoms with Gasteiger partial charge in [0.05, 0.1) is 18.5 Å². The van der Waals surface area contributed by atoms with Crippen molar-refractivity contribution >= 4 is 17.3 Å². The van der Waals surface area contributed by atoms with E-state index in [-0.39, 0.29) is 5.91 Å². The molecule has 0 spiro atoms. The van der Waals surface area contributed by atoms with Crippen molar-refractivity contribution in [3.8, 4) is 11.4 Å². The zero-order valence-electron chi connectivity index (χ0n) is 16.4. The minimum Gasteiger partial charge on any atom is -0.495 e. The Morgan fingerprint density at radius 3 is 2.71 bits per heavy atom. The van der Waals surface area contributed by atoms with Crippen LogP contribution in [0, 0.1) is 13.8 Å². The van der Waals surface area contributed by atoms with Crippen LogP contribution in [0.4, 0.5) is 11.4 Å². The Balaban J connectivity index is 1.69. The van der Waals surface area contributed by atoms with Crippen LogP contribution < -0.4 is 15.8 Å². The summed E-state index contributed by atoms with van der Waals surface area (Å²) in [5, 5.41) is 7.61. The Bertz CT molecular complexity index is 1070. The predicted octanol–water partition coefficient (Wildman–Crippen LogP) is 3.82. The molecule has 1 amide bonds. The smallest absolute Gasteiger partial charge is 0.276 e. The molecule has 4 rings (SSSR count). The normalized spacial score (nSPS) is 12.7. The van der Waals surface area contributed by atoms with Crippen LogP contribution in [0.1, 0.15) is 39.3 Å². The van der Waals surface area contributed by atoms with E-state index < -0.39 is 0 Å². The Labute approximate surface area is 164 Å². The summed E-state index contributed by atoms with van der Waals surface area (Å²) in [4.78, 5) is 13.0. The second kappa shape index (κ2) is 7.03. The highest BCUT2D eigenvalue weighted by Crippen LogP contribution is 2.30. The lowest BCUT2D eigenvalue weighted by molar-refractivity contribution is 0.102. The van der Waals surface area contributed by atoms with Gasteiger partial charge >= 0.3 is 0 Å². The molecule has 144 valence electrons. The lowest BCUT2D eigenvalue weighted by Crippen LogP contribution is -2.15. The van der Waals surface area contributed by atoms with E-state index in [0.717, 1.165) is 41.8 Å². The van der Waals surface area contributed by atoms with E-state index in [2.05, 4.69) is 37.4 Å². The predicted molar refractivity (Wildman–Crippen MR) is 110 cm³/mol. The number of hydrogen-bond donors (Lipinski definition) is 2. The van der Waals surface area contributed by atoms with Crippen LogP contribution in [0.3, 0.4) is 0 Å². The SMILES string of the molecule is COc1ccc(NC(=O)c2nn(-c3ccc(C)cc3C)c3c2CCC3)cc1N. The van der Waals surface area contributed by atoms with E-state index in [9.17, 15) is 4.79 Å². The summed E-state index contributed by atoms with van der Waals surface area (Å²) in [6.45, 7) is 4.15. The summed E-state index contributed by atoms with van der Waals surface area (Å²) in [5.41, 5.74) is 13.1. The molecule has 0 aliphatic heterocycles. The highest BCUT2D eigenvalue weighted by molar-refractivity contribution is 6.04. The van der Waals surface area contributed by atoms with Gasteiger partial charge in [0.15, 0.2) is 5.69 Å². The average Bonchev–Trinajstić information content (AvgIpc) is 3.25. The second-order valence-corrected chi connectivity index (χ2v) is 7.24. The summed E-state index contributed by atoms with van der Waals surface area (Å²) in [6, 6.07) is 11.5. The molecule has 1 aromatic heterocycles. The molecule has 0 bridgehead atoms. The van der Waals surface area contributed by atoms with Crippen molar-refractivity contribution in [1.29, 1.82) is 0 Å². The van der Waals surface area contributed by atoms with Gasteiger partial charge in [-0.3, -0.25) is 4.79 Å². The Morgan fingerprint density at radius 2 is 2.00 bits per heavy atom. The third-order valence-corrected chi connectivity index (χ3v) is 5.21. The van der Waals surface area contributed by atoms with Gasteiger partial charge in [0.25, 0.3) is 5.91 Å². The third kappa shape index (κ3) is 3.11. The second-order valence-electron chi connectivity index (χ2n) is 7.24. The van der Waals surface area contributed by atoms with Crippen molar-refractivity contribution in [2.45, 2.75) is 33.1 Å². The molecule has 1 heterocycles.